The molecule has 2 rings (SSSR count). The Morgan fingerprint density at radius 1 is 1.41 bits per heavy atom. The van der Waals surface area contributed by atoms with Crippen molar-refractivity contribution in [3.05, 3.63) is 29.3 Å². The van der Waals surface area contributed by atoms with E-state index in [9.17, 15) is 18.0 Å². The van der Waals surface area contributed by atoms with E-state index in [-0.39, 0.29) is 17.2 Å². The fourth-order valence-electron chi connectivity index (χ4n) is 1.79. The second-order valence-electron chi connectivity index (χ2n) is 3.69. The molecular formula is C11H10F3NO2. The lowest BCUT2D eigenvalue weighted by atomic mass is 10.1. The summed E-state index contributed by atoms with van der Waals surface area (Å²) in [5, 5.41) is 0. The van der Waals surface area contributed by atoms with Gasteiger partial charge >= 0.3 is 6.36 Å². The number of halogens is 3. The summed E-state index contributed by atoms with van der Waals surface area (Å²) in [5.41, 5.74) is 1.01. The molecule has 0 N–H and O–H groups in total. The van der Waals surface area contributed by atoms with Crippen LogP contribution in [0.25, 0.3) is 0 Å². The zero-order valence-corrected chi connectivity index (χ0v) is 9.04. The van der Waals surface area contributed by atoms with Crippen LogP contribution >= 0.6 is 0 Å². The Hall–Kier alpha value is -1.72. The first-order chi connectivity index (χ1) is 7.90. The monoisotopic (exact) mass is 245 g/mol. The summed E-state index contributed by atoms with van der Waals surface area (Å²) in [6.07, 6.45) is -4.74. The second kappa shape index (κ2) is 3.94. The van der Waals surface area contributed by atoms with Crippen molar-refractivity contribution in [1.82, 2.24) is 4.90 Å². The van der Waals surface area contributed by atoms with Crippen LogP contribution in [0.5, 0.6) is 5.75 Å². The zero-order valence-electron chi connectivity index (χ0n) is 9.04. The molecule has 1 aromatic rings. The van der Waals surface area contributed by atoms with E-state index in [0.717, 1.165) is 11.6 Å². The maximum absolute atomic E-state index is 12.0. The van der Waals surface area contributed by atoms with Crippen molar-refractivity contribution < 1.29 is 22.7 Å². The second-order valence-corrected chi connectivity index (χ2v) is 3.69. The molecule has 0 aromatic heterocycles. The minimum Gasteiger partial charge on any atom is -0.406 e. The molecule has 3 nitrogen and oxygen atoms in total. The molecule has 0 spiro atoms. The number of hydrogen-bond donors (Lipinski definition) is 0. The number of carbonyl (C=O) groups excluding carboxylic acids is 1. The van der Waals surface area contributed by atoms with E-state index in [1.807, 2.05) is 6.92 Å². The average molecular weight is 245 g/mol. The molecule has 92 valence electrons. The van der Waals surface area contributed by atoms with Gasteiger partial charge in [0.25, 0.3) is 5.91 Å². The van der Waals surface area contributed by atoms with Gasteiger partial charge in [0.1, 0.15) is 5.75 Å². The number of carbonyl (C=O) groups is 1. The third kappa shape index (κ3) is 2.35. The molecule has 0 aliphatic carbocycles. The topological polar surface area (TPSA) is 29.5 Å². The third-order valence-corrected chi connectivity index (χ3v) is 2.58. The summed E-state index contributed by atoms with van der Waals surface area (Å²) in [5.74, 6) is -0.613. The van der Waals surface area contributed by atoms with Crippen molar-refractivity contribution in [1.29, 1.82) is 0 Å². The van der Waals surface area contributed by atoms with Crippen molar-refractivity contribution in [3.63, 3.8) is 0 Å². The molecule has 1 amide bonds. The first kappa shape index (κ1) is 11.8. The van der Waals surface area contributed by atoms with Crippen LogP contribution in [0.1, 0.15) is 22.8 Å². The largest absolute Gasteiger partial charge is 0.573 e. The highest BCUT2D eigenvalue weighted by Gasteiger charge is 2.33. The average Bonchev–Trinajstić information content (AvgIpc) is 2.53. The van der Waals surface area contributed by atoms with Crippen molar-refractivity contribution in [3.8, 4) is 5.75 Å². The molecule has 0 saturated heterocycles. The predicted octanol–water partition coefficient (Wildman–Crippen LogP) is 2.56. The van der Waals surface area contributed by atoms with E-state index >= 15 is 0 Å². The Kier molecular flexibility index (Phi) is 2.73. The quantitative estimate of drug-likeness (QED) is 0.801. The number of amides is 1. The number of benzene rings is 1. The van der Waals surface area contributed by atoms with Crippen LogP contribution < -0.4 is 4.74 Å². The first-order valence-electron chi connectivity index (χ1n) is 5.08. The zero-order chi connectivity index (χ0) is 12.6. The molecule has 6 heteroatoms. The molecule has 1 aliphatic rings. The van der Waals surface area contributed by atoms with E-state index in [2.05, 4.69) is 4.74 Å². The number of hydrogen-bond acceptors (Lipinski definition) is 2. The molecule has 0 bridgehead atoms. The predicted molar refractivity (Wildman–Crippen MR) is 53.5 cm³/mol. The van der Waals surface area contributed by atoms with E-state index in [4.69, 9.17) is 0 Å². The maximum atomic E-state index is 12.0. The summed E-state index contributed by atoms with van der Waals surface area (Å²) >= 11 is 0. The lowest BCUT2D eigenvalue weighted by Gasteiger charge is -2.11. The van der Waals surface area contributed by atoms with Crippen LogP contribution in [0.3, 0.4) is 0 Å². The molecule has 0 fully saturated rings. The highest BCUT2D eigenvalue weighted by Crippen LogP contribution is 2.29. The van der Waals surface area contributed by atoms with Crippen molar-refractivity contribution in [2.24, 2.45) is 0 Å². The van der Waals surface area contributed by atoms with Crippen LogP contribution in [0.4, 0.5) is 13.2 Å². The number of ether oxygens (including phenoxy) is 1. The van der Waals surface area contributed by atoms with E-state index in [1.54, 1.807) is 4.90 Å². The van der Waals surface area contributed by atoms with Gasteiger partial charge in [-0.25, -0.2) is 0 Å². The van der Waals surface area contributed by atoms with E-state index < -0.39 is 6.36 Å². The Balaban J connectivity index is 2.28. The van der Waals surface area contributed by atoms with Gasteiger partial charge in [0.15, 0.2) is 0 Å². The van der Waals surface area contributed by atoms with Gasteiger partial charge < -0.3 is 9.64 Å². The molecule has 0 atom stereocenters. The van der Waals surface area contributed by atoms with Crippen molar-refractivity contribution in [2.75, 3.05) is 6.54 Å². The number of nitrogens with zero attached hydrogens (tertiary/aromatic N) is 1. The van der Waals surface area contributed by atoms with Gasteiger partial charge in [0.05, 0.1) is 0 Å². The molecule has 1 heterocycles. The third-order valence-electron chi connectivity index (χ3n) is 2.58. The Morgan fingerprint density at radius 3 is 2.71 bits per heavy atom. The molecule has 1 aromatic carbocycles. The summed E-state index contributed by atoms with van der Waals surface area (Å²) in [6.45, 7) is 2.79. The first-order valence-corrected chi connectivity index (χ1v) is 5.08. The highest BCUT2D eigenvalue weighted by molar-refractivity contribution is 5.98. The van der Waals surface area contributed by atoms with Gasteiger partial charge in [-0.1, -0.05) is 6.07 Å². The van der Waals surface area contributed by atoms with E-state index in [1.165, 1.54) is 12.1 Å². The number of rotatable bonds is 2. The maximum Gasteiger partial charge on any atom is 0.573 e. The van der Waals surface area contributed by atoms with Gasteiger partial charge in [-0.2, -0.15) is 0 Å². The standard InChI is InChI=1S/C11H10F3NO2/c1-2-15-6-7-3-4-8(17-11(12,13)14)5-9(7)10(15)16/h3-5H,2,6H2,1H3. The van der Waals surface area contributed by atoms with Gasteiger partial charge in [-0.3, -0.25) is 4.79 Å². The lowest BCUT2D eigenvalue weighted by Crippen LogP contribution is -2.23. The Morgan fingerprint density at radius 2 is 2.12 bits per heavy atom. The molecule has 1 aliphatic heterocycles. The fourth-order valence-corrected chi connectivity index (χ4v) is 1.79. The van der Waals surface area contributed by atoms with Gasteiger partial charge in [-0.05, 0) is 24.6 Å². The summed E-state index contributed by atoms with van der Waals surface area (Å²) in [6, 6.07) is 3.85. The van der Waals surface area contributed by atoms with E-state index in [0.29, 0.717) is 13.1 Å². The smallest absolute Gasteiger partial charge is 0.406 e. The van der Waals surface area contributed by atoms with Crippen LogP contribution in [-0.4, -0.2) is 23.7 Å². The summed E-state index contributed by atoms with van der Waals surface area (Å²) < 4.78 is 39.8. The van der Waals surface area contributed by atoms with Crippen LogP contribution in [0.2, 0.25) is 0 Å². The molecule has 0 radical (unpaired) electrons. The van der Waals surface area contributed by atoms with Crippen LogP contribution in [0.15, 0.2) is 18.2 Å². The number of fused-ring (bicyclic) bond motifs is 1. The summed E-state index contributed by atoms with van der Waals surface area (Å²) in [4.78, 5) is 13.3. The number of alkyl halides is 3. The highest BCUT2D eigenvalue weighted by atomic mass is 19.4. The minimum absolute atomic E-state index is 0.255. The van der Waals surface area contributed by atoms with Crippen molar-refractivity contribution in [2.45, 2.75) is 19.8 Å². The SMILES string of the molecule is CCN1Cc2ccc(OC(F)(F)F)cc2C1=O. The molecule has 0 saturated carbocycles. The van der Waals surface area contributed by atoms with Crippen molar-refractivity contribution >= 4 is 5.91 Å². The molecular weight excluding hydrogens is 235 g/mol. The Bertz CT molecular complexity index is 457. The minimum atomic E-state index is -4.74. The Labute approximate surface area is 95.8 Å². The fraction of sp³-hybridized carbons (Fsp3) is 0.364. The van der Waals surface area contributed by atoms with Gasteiger partial charge in [0.2, 0.25) is 0 Å². The van der Waals surface area contributed by atoms with Crippen LogP contribution in [0, 0.1) is 0 Å². The molecule has 0 unspecified atom stereocenters. The normalized spacial score (nSPS) is 15.1. The van der Waals surface area contributed by atoms with Crippen LogP contribution in [-0.2, 0) is 6.54 Å². The van der Waals surface area contributed by atoms with Gasteiger partial charge in [-0.15, -0.1) is 13.2 Å². The molecule has 17 heavy (non-hydrogen) atoms. The lowest BCUT2D eigenvalue weighted by molar-refractivity contribution is -0.274. The van der Waals surface area contributed by atoms with Gasteiger partial charge in [0, 0.05) is 18.7 Å². The summed E-state index contributed by atoms with van der Waals surface area (Å²) in [7, 11) is 0.